The fraction of sp³-hybridized carbons (Fsp3) is 0.750. The molecular weight excluding hydrogens is 160 g/mol. The lowest BCUT2D eigenvalue weighted by Crippen LogP contribution is -2.34. The van der Waals surface area contributed by atoms with Crippen molar-refractivity contribution in [3.05, 3.63) is 0 Å². The fourth-order valence-corrected chi connectivity index (χ4v) is 1.02. The van der Waals surface area contributed by atoms with Gasteiger partial charge in [0, 0.05) is 13.0 Å². The summed E-state index contributed by atoms with van der Waals surface area (Å²) >= 11 is 0. The zero-order chi connectivity index (χ0) is 9.14. The lowest BCUT2D eigenvalue weighted by Gasteiger charge is -2.10. The van der Waals surface area contributed by atoms with Crippen LogP contribution in [0, 0.1) is 5.92 Å². The Labute approximate surface area is 70.8 Å². The highest BCUT2D eigenvalue weighted by atomic mass is 16.6. The molecular formula is C8H12O4. The molecule has 0 amide bonds. The minimum absolute atomic E-state index is 0.0223. The van der Waals surface area contributed by atoms with Crippen molar-refractivity contribution in [2.75, 3.05) is 14.2 Å². The Hall–Kier alpha value is -0.900. The van der Waals surface area contributed by atoms with Crippen molar-refractivity contribution in [2.24, 2.45) is 5.92 Å². The fourth-order valence-electron chi connectivity index (χ4n) is 1.02. The highest BCUT2D eigenvalue weighted by Gasteiger charge is 2.38. The molecule has 0 aromatic carbocycles. The third-order valence-corrected chi connectivity index (χ3v) is 1.89. The molecule has 0 radical (unpaired) electrons. The van der Waals surface area contributed by atoms with Crippen LogP contribution in [0.25, 0.3) is 0 Å². The number of methoxy groups -OCH3 is 2. The van der Waals surface area contributed by atoms with Gasteiger partial charge in [-0.3, -0.25) is 4.79 Å². The molecule has 1 fully saturated rings. The second-order valence-corrected chi connectivity index (χ2v) is 2.82. The molecule has 1 saturated carbocycles. The standard InChI is InChI=1S/C8H12O4/c1-11-7(8(10)12-2)6(9)5-3-4-5/h5,7H,3-4H2,1-2H3. The first kappa shape index (κ1) is 9.19. The van der Waals surface area contributed by atoms with Crippen LogP contribution >= 0.6 is 0 Å². The lowest BCUT2D eigenvalue weighted by molar-refractivity contribution is -0.157. The van der Waals surface area contributed by atoms with Crippen molar-refractivity contribution in [3.8, 4) is 0 Å². The summed E-state index contributed by atoms with van der Waals surface area (Å²) in [5, 5.41) is 0. The SMILES string of the molecule is COC(=O)C(OC)C(=O)C1CC1. The molecule has 1 rings (SSSR count). The van der Waals surface area contributed by atoms with Gasteiger partial charge in [-0.1, -0.05) is 0 Å². The average Bonchev–Trinajstić information content (AvgIpc) is 2.87. The Morgan fingerprint density at radius 3 is 2.25 bits per heavy atom. The summed E-state index contributed by atoms with van der Waals surface area (Å²) in [5.74, 6) is -0.729. The van der Waals surface area contributed by atoms with E-state index in [2.05, 4.69) is 4.74 Å². The number of ether oxygens (including phenoxy) is 2. The van der Waals surface area contributed by atoms with Crippen LogP contribution in [0.2, 0.25) is 0 Å². The number of carbonyl (C=O) groups is 2. The van der Waals surface area contributed by atoms with Gasteiger partial charge < -0.3 is 9.47 Å². The molecule has 0 spiro atoms. The number of Topliss-reactive ketones (excluding diaryl/α,β-unsaturated/α-hetero) is 1. The number of hydrogen-bond acceptors (Lipinski definition) is 4. The maximum absolute atomic E-state index is 11.3. The molecule has 68 valence electrons. The predicted molar refractivity (Wildman–Crippen MR) is 40.5 cm³/mol. The van der Waals surface area contributed by atoms with E-state index < -0.39 is 12.1 Å². The van der Waals surface area contributed by atoms with Crippen molar-refractivity contribution >= 4 is 11.8 Å². The molecule has 4 nitrogen and oxygen atoms in total. The van der Waals surface area contributed by atoms with Crippen LogP contribution in [0.3, 0.4) is 0 Å². The van der Waals surface area contributed by atoms with Crippen molar-refractivity contribution in [2.45, 2.75) is 18.9 Å². The van der Waals surface area contributed by atoms with Crippen LogP contribution in [0.5, 0.6) is 0 Å². The first-order valence-corrected chi connectivity index (χ1v) is 3.85. The number of rotatable bonds is 4. The Balaban J connectivity index is 2.53. The number of esters is 1. The minimum atomic E-state index is -1.01. The first-order valence-electron chi connectivity index (χ1n) is 3.85. The van der Waals surface area contributed by atoms with E-state index in [1.807, 2.05) is 0 Å². The average molecular weight is 172 g/mol. The van der Waals surface area contributed by atoms with Crippen LogP contribution in [-0.4, -0.2) is 32.1 Å². The topological polar surface area (TPSA) is 52.6 Å². The first-order chi connectivity index (χ1) is 5.70. The third kappa shape index (κ3) is 1.82. The second-order valence-electron chi connectivity index (χ2n) is 2.82. The van der Waals surface area contributed by atoms with Gasteiger partial charge in [-0.25, -0.2) is 4.79 Å². The zero-order valence-corrected chi connectivity index (χ0v) is 7.20. The van der Waals surface area contributed by atoms with E-state index in [9.17, 15) is 9.59 Å². The van der Waals surface area contributed by atoms with Gasteiger partial charge in [-0.15, -0.1) is 0 Å². The molecule has 12 heavy (non-hydrogen) atoms. The monoisotopic (exact) mass is 172 g/mol. The molecule has 0 aliphatic heterocycles. The van der Waals surface area contributed by atoms with Crippen LogP contribution in [0.1, 0.15) is 12.8 Å². The largest absolute Gasteiger partial charge is 0.467 e. The molecule has 1 aliphatic rings. The Bertz CT molecular complexity index is 195. The minimum Gasteiger partial charge on any atom is -0.467 e. The summed E-state index contributed by atoms with van der Waals surface area (Å²) in [4.78, 5) is 22.3. The predicted octanol–water partition coefficient (Wildman–Crippen LogP) is 0.153. The normalized spacial score (nSPS) is 18.5. The van der Waals surface area contributed by atoms with Gasteiger partial charge in [-0.05, 0) is 12.8 Å². The zero-order valence-electron chi connectivity index (χ0n) is 7.20. The molecule has 0 saturated heterocycles. The summed E-state index contributed by atoms with van der Waals surface area (Å²) in [6.07, 6.45) is 0.730. The van der Waals surface area contributed by atoms with Crippen molar-refractivity contribution in [1.29, 1.82) is 0 Å². The molecule has 0 heterocycles. The van der Waals surface area contributed by atoms with Crippen molar-refractivity contribution in [1.82, 2.24) is 0 Å². The lowest BCUT2D eigenvalue weighted by atomic mass is 10.1. The summed E-state index contributed by atoms with van der Waals surface area (Å²) in [5.41, 5.74) is 0. The summed E-state index contributed by atoms with van der Waals surface area (Å²) in [7, 11) is 2.58. The summed E-state index contributed by atoms with van der Waals surface area (Å²) in [6, 6.07) is 0. The molecule has 0 bridgehead atoms. The van der Waals surface area contributed by atoms with Gasteiger partial charge in [0.1, 0.15) is 0 Å². The van der Waals surface area contributed by atoms with Crippen LogP contribution < -0.4 is 0 Å². The van der Waals surface area contributed by atoms with E-state index >= 15 is 0 Å². The summed E-state index contributed by atoms with van der Waals surface area (Å²) in [6.45, 7) is 0. The van der Waals surface area contributed by atoms with Crippen molar-refractivity contribution in [3.63, 3.8) is 0 Å². The molecule has 1 atom stereocenters. The highest BCUT2D eigenvalue weighted by Crippen LogP contribution is 2.31. The highest BCUT2D eigenvalue weighted by molar-refractivity contribution is 6.03. The van der Waals surface area contributed by atoms with Gasteiger partial charge in [0.05, 0.1) is 7.11 Å². The third-order valence-electron chi connectivity index (χ3n) is 1.89. The van der Waals surface area contributed by atoms with E-state index in [1.165, 1.54) is 14.2 Å². The number of ketones is 1. The molecule has 4 heteroatoms. The smallest absolute Gasteiger partial charge is 0.342 e. The second kappa shape index (κ2) is 3.67. The molecule has 0 N–H and O–H groups in total. The maximum atomic E-state index is 11.3. The van der Waals surface area contributed by atoms with Crippen LogP contribution in [-0.2, 0) is 19.1 Å². The number of hydrogen-bond donors (Lipinski definition) is 0. The van der Waals surface area contributed by atoms with Gasteiger partial charge in [-0.2, -0.15) is 0 Å². The summed E-state index contributed by atoms with van der Waals surface area (Å²) < 4.78 is 9.16. The van der Waals surface area contributed by atoms with E-state index in [4.69, 9.17) is 4.74 Å². The van der Waals surface area contributed by atoms with Crippen LogP contribution in [0.4, 0.5) is 0 Å². The Kier molecular flexibility index (Phi) is 2.81. The van der Waals surface area contributed by atoms with E-state index in [-0.39, 0.29) is 11.7 Å². The molecule has 1 unspecified atom stereocenters. The Morgan fingerprint density at radius 1 is 1.33 bits per heavy atom. The van der Waals surface area contributed by atoms with Gasteiger partial charge in [0.2, 0.25) is 6.10 Å². The van der Waals surface area contributed by atoms with Gasteiger partial charge >= 0.3 is 5.97 Å². The van der Waals surface area contributed by atoms with E-state index in [1.54, 1.807) is 0 Å². The molecule has 0 aromatic heterocycles. The van der Waals surface area contributed by atoms with Gasteiger partial charge in [0.15, 0.2) is 5.78 Å². The molecule has 0 aromatic rings. The van der Waals surface area contributed by atoms with Crippen molar-refractivity contribution < 1.29 is 19.1 Å². The van der Waals surface area contributed by atoms with Crippen LogP contribution in [0.15, 0.2) is 0 Å². The Morgan fingerprint density at radius 2 is 1.92 bits per heavy atom. The van der Waals surface area contributed by atoms with E-state index in [0.29, 0.717) is 0 Å². The van der Waals surface area contributed by atoms with Gasteiger partial charge in [0.25, 0.3) is 0 Å². The molecule has 1 aliphatic carbocycles. The quantitative estimate of drug-likeness (QED) is 0.447. The maximum Gasteiger partial charge on any atom is 0.342 e. The number of carbonyl (C=O) groups excluding carboxylic acids is 2. The van der Waals surface area contributed by atoms with E-state index in [0.717, 1.165) is 12.8 Å².